The zero-order chi connectivity index (χ0) is 13.9. The highest BCUT2D eigenvalue weighted by Gasteiger charge is 2.30. The Morgan fingerprint density at radius 1 is 1.45 bits per heavy atom. The number of thioether (sulfide) groups is 1. The van der Waals surface area contributed by atoms with Gasteiger partial charge in [0.2, 0.25) is 0 Å². The first kappa shape index (κ1) is 13.7. The van der Waals surface area contributed by atoms with Crippen LogP contribution >= 0.6 is 11.8 Å². The van der Waals surface area contributed by atoms with E-state index < -0.39 is 0 Å². The molecule has 1 N–H and O–H groups in total. The molecule has 0 radical (unpaired) electrons. The third kappa shape index (κ3) is 2.76. The first-order valence-electron chi connectivity index (χ1n) is 7.24. The maximum atomic E-state index is 4.33. The van der Waals surface area contributed by atoms with Crippen LogP contribution in [0.1, 0.15) is 30.5 Å². The standard InChI is InChI=1S/C16H21N3S/c1-3-8-17-16(13-10-18-19(2)11-13)15-9-12-6-4-5-7-14(12)20-15/h4-7,10-11,15-17H,3,8-9H2,1-2H3. The van der Waals surface area contributed by atoms with Gasteiger partial charge in [-0.25, -0.2) is 0 Å². The van der Waals surface area contributed by atoms with Crippen molar-refractivity contribution in [2.24, 2.45) is 7.05 Å². The van der Waals surface area contributed by atoms with Crippen molar-refractivity contribution < 1.29 is 0 Å². The fraction of sp³-hybridized carbons (Fsp3) is 0.438. The van der Waals surface area contributed by atoms with Gasteiger partial charge in [-0.3, -0.25) is 4.68 Å². The molecule has 1 aromatic heterocycles. The molecule has 20 heavy (non-hydrogen) atoms. The fourth-order valence-corrected chi connectivity index (χ4v) is 4.20. The van der Waals surface area contributed by atoms with E-state index in [0.29, 0.717) is 11.3 Å². The largest absolute Gasteiger partial charge is 0.309 e. The van der Waals surface area contributed by atoms with Crippen LogP contribution in [0.15, 0.2) is 41.6 Å². The average Bonchev–Trinajstić information content (AvgIpc) is 3.05. The number of fused-ring (bicyclic) bond motifs is 1. The molecule has 3 rings (SSSR count). The third-order valence-electron chi connectivity index (χ3n) is 3.74. The molecule has 1 aliphatic heterocycles. The minimum atomic E-state index is 0.376. The third-order valence-corrected chi connectivity index (χ3v) is 5.14. The van der Waals surface area contributed by atoms with E-state index in [4.69, 9.17) is 0 Å². The maximum absolute atomic E-state index is 4.33. The van der Waals surface area contributed by atoms with Crippen LogP contribution in [0.25, 0.3) is 0 Å². The molecule has 2 unspecified atom stereocenters. The van der Waals surface area contributed by atoms with E-state index in [1.165, 1.54) is 16.0 Å². The zero-order valence-corrected chi connectivity index (χ0v) is 12.9. The van der Waals surface area contributed by atoms with E-state index in [2.05, 4.69) is 47.8 Å². The van der Waals surface area contributed by atoms with Crippen LogP contribution < -0.4 is 5.32 Å². The molecule has 2 atom stereocenters. The summed E-state index contributed by atoms with van der Waals surface area (Å²) in [6, 6.07) is 9.14. The van der Waals surface area contributed by atoms with Gasteiger partial charge in [0.1, 0.15) is 0 Å². The monoisotopic (exact) mass is 287 g/mol. The highest BCUT2D eigenvalue weighted by atomic mass is 32.2. The molecule has 3 nitrogen and oxygen atoms in total. The molecule has 1 aliphatic rings. The maximum Gasteiger partial charge on any atom is 0.0537 e. The molecule has 1 aromatic carbocycles. The van der Waals surface area contributed by atoms with E-state index in [0.717, 1.165) is 19.4 Å². The van der Waals surface area contributed by atoms with Crippen LogP contribution in [-0.2, 0) is 13.5 Å². The minimum absolute atomic E-state index is 0.376. The van der Waals surface area contributed by atoms with Crippen LogP contribution in [0.5, 0.6) is 0 Å². The van der Waals surface area contributed by atoms with Crippen LogP contribution in [-0.4, -0.2) is 21.6 Å². The number of hydrogen-bond donors (Lipinski definition) is 1. The van der Waals surface area contributed by atoms with Gasteiger partial charge in [-0.2, -0.15) is 5.10 Å². The molecule has 2 heterocycles. The summed E-state index contributed by atoms with van der Waals surface area (Å²) in [6.07, 6.45) is 6.42. The van der Waals surface area contributed by atoms with Crippen molar-refractivity contribution in [2.75, 3.05) is 6.54 Å². The number of benzene rings is 1. The Balaban J connectivity index is 1.81. The zero-order valence-electron chi connectivity index (χ0n) is 12.0. The average molecular weight is 287 g/mol. The van der Waals surface area contributed by atoms with Crippen LogP contribution in [0.3, 0.4) is 0 Å². The van der Waals surface area contributed by atoms with Crippen molar-refractivity contribution in [3.05, 3.63) is 47.8 Å². The molecule has 0 saturated heterocycles. The van der Waals surface area contributed by atoms with Gasteiger partial charge >= 0.3 is 0 Å². The number of hydrogen-bond acceptors (Lipinski definition) is 3. The lowest BCUT2D eigenvalue weighted by Gasteiger charge is -2.23. The quantitative estimate of drug-likeness (QED) is 0.916. The van der Waals surface area contributed by atoms with Crippen LogP contribution in [0.4, 0.5) is 0 Å². The van der Waals surface area contributed by atoms with E-state index in [1.807, 2.05) is 29.7 Å². The lowest BCUT2D eigenvalue weighted by molar-refractivity contribution is 0.513. The Morgan fingerprint density at radius 3 is 3.00 bits per heavy atom. The summed E-state index contributed by atoms with van der Waals surface area (Å²) in [5.74, 6) is 0. The number of nitrogens with one attached hydrogen (secondary N) is 1. The predicted molar refractivity (Wildman–Crippen MR) is 84.0 cm³/mol. The Labute approximate surface area is 124 Å². The van der Waals surface area contributed by atoms with Crippen molar-refractivity contribution in [2.45, 2.75) is 36.0 Å². The SMILES string of the molecule is CCCNC(c1cnn(C)c1)C1Cc2ccccc2S1. The van der Waals surface area contributed by atoms with Crippen molar-refractivity contribution >= 4 is 11.8 Å². The molecule has 0 amide bonds. The summed E-state index contributed by atoms with van der Waals surface area (Å²) < 4.78 is 1.89. The molecule has 2 aromatic rings. The molecular formula is C16H21N3S. The van der Waals surface area contributed by atoms with Crippen molar-refractivity contribution in [1.82, 2.24) is 15.1 Å². The Kier molecular flexibility index (Phi) is 4.13. The van der Waals surface area contributed by atoms with Gasteiger partial charge in [-0.15, -0.1) is 11.8 Å². The van der Waals surface area contributed by atoms with Gasteiger partial charge in [0, 0.05) is 35.0 Å². The molecule has 0 saturated carbocycles. The second kappa shape index (κ2) is 6.02. The normalized spacial score (nSPS) is 19.0. The lowest BCUT2D eigenvalue weighted by Crippen LogP contribution is -2.30. The van der Waals surface area contributed by atoms with Crippen molar-refractivity contribution in [3.8, 4) is 0 Å². The van der Waals surface area contributed by atoms with Gasteiger partial charge in [0.05, 0.1) is 6.20 Å². The second-order valence-corrected chi connectivity index (χ2v) is 6.63. The van der Waals surface area contributed by atoms with E-state index in [-0.39, 0.29) is 0 Å². The summed E-state index contributed by atoms with van der Waals surface area (Å²) in [6.45, 7) is 3.26. The molecule has 0 fully saturated rings. The molecule has 0 spiro atoms. The van der Waals surface area contributed by atoms with Gasteiger partial charge in [-0.1, -0.05) is 25.1 Å². The molecule has 0 aliphatic carbocycles. The summed E-state index contributed by atoms with van der Waals surface area (Å²) in [7, 11) is 1.98. The van der Waals surface area contributed by atoms with Crippen molar-refractivity contribution in [3.63, 3.8) is 0 Å². The Morgan fingerprint density at radius 2 is 2.30 bits per heavy atom. The van der Waals surface area contributed by atoms with Gasteiger partial charge < -0.3 is 5.32 Å². The van der Waals surface area contributed by atoms with E-state index in [1.54, 1.807) is 0 Å². The lowest BCUT2D eigenvalue weighted by atomic mass is 10.0. The first-order valence-corrected chi connectivity index (χ1v) is 8.12. The van der Waals surface area contributed by atoms with Crippen LogP contribution in [0, 0.1) is 0 Å². The first-order chi connectivity index (χ1) is 9.78. The topological polar surface area (TPSA) is 29.9 Å². The highest BCUT2D eigenvalue weighted by Crippen LogP contribution is 2.42. The number of aryl methyl sites for hydroxylation is 1. The summed E-state index contributed by atoms with van der Waals surface area (Å²) in [5.41, 5.74) is 2.78. The number of rotatable bonds is 5. The summed E-state index contributed by atoms with van der Waals surface area (Å²) in [5, 5.41) is 8.59. The predicted octanol–water partition coefficient (Wildman–Crippen LogP) is 3.18. The Hall–Kier alpha value is -1.26. The van der Waals surface area contributed by atoms with Crippen LogP contribution in [0.2, 0.25) is 0 Å². The summed E-state index contributed by atoms with van der Waals surface area (Å²) >= 11 is 2.00. The Bertz CT molecular complexity index is 554. The molecular weight excluding hydrogens is 266 g/mol. The second-order valence-electron chi connectivity index (χ2n) is 5.35. The molecule has 4 heteroatoms. The van der Waals surface area contributed by atoms with Gasteiger partial charge in [-0.05, 0) is 31.0 Å². The molecule has 106 valence electrons. The highest BCUT2D eigenvalue weighted by molar-refractivity contribution is 8.00. The van der Waals surface area contributed by atoms with Crippen molar-refractivity contribution in [1.29, 1.82) is 0 Å². The van der Waals surface area contributed by atoms with Gasteiger partial charge in [0.25, 0.3) is 0 Å². The van der Waals surface area contributed by atoms with E-state index >= 15 is 0 Å². The van der Waals surface area contributed by atoms with E-state index in [9.17, 15) is 0 Å². The minimum Gasteiger partial charge on any atom is -0.309 e. The number of nitrogens with zero attached hydrogens (tertiary/aromatic N) is 2. The fourth-order valence-electron chi connectivity index (χ4n) is 2.76. The van der Waals surface area contributed by atoms with Gasteiger partial charge in [0.15, 0.2) is 0 Å². The molecule has 0 bridgehead atoms. The summed E-state index contributed by atoms with van der Waals surface area (Å²) in [4.78, 5) is 1.43. The smallest absolute Gasteiger partial charge is 0.0537 e. The number of aromatic nitrogens is 2.